The van der Waals surface area contributed by atoms with Crippen LogP contribution in [0, 0.1) is 19.8 Å². The van der Waals surface area contributed by atoms with Crippen LogP contribution in [-0.4, -0.2) is 16.9 Å². The van der Waals surface area contributed by atoms with E-state index >= 15 is 0 Å². The van der Waals surface area contributed by atoms with Gasteiger partial charge in [-0.2, -0.15) is 0 Å². The monoisotopic (exact) mass is 220 g/mol. The lowest BCUT2D eigenvalue weighted by Crippen LogP contribution is -2.17. The highest BCUT2D eigenvalue weighted by atomic mass is 16.4. The van der Waals surface area contributed by atoms with Crippen molar-refractivity contribution in [2.24, 2.45) is 5.92 Å². The quantitative estimate of drug-likeness (QED) is 0.793. The van der Waals surface area contributed by atoms with Gasteiger partial charge in [-0.1, -0.05) is 25.1 Å². The van der Waals surface area contributed by atoms with Crippen LogP contribution >= 0.6 is 0 Å². The maximum atomic E-state index is 12.1. The maximum Gasteiger partial charge on any atom is 0.304 e. The van der Waals surface area contributed by atoms with Crippen LogP contribution in [0.2, 0.25) is 0 Å². The summed E-state index contributed by atoms with van der Waals surface area (Å²) in [7, 11) is 0. The topological polar surface area (TPSA) is 54.4 Å². The molecule has 0 aliphatic heterocycles. The summed E-state index contributed by atoms with van der Waals surface area (Å²) in [4.78, 5) is 22.6. The first-order chi connectivity index (χ1) is 7.43. The van der Waals surface area contributed by atoms with E-state index < -0.39 is 11.9 Å². The van der Waals surface area contributed by atoms with Crippen molar-refractivity contribution in [2.75, 3.05) is 0 Å². The number of carboxylic acids is 1. The minimum atomic E-state index is -0.938. The van der Waals surface area contributed by atoms with Gasteiger partial charge in [0.25, 0.3) is 0 Å². The highest BCUT2D eigenvalue weighted by molar-refractivity contribution is 6.01. The summed E-state index contributed by atoms with van der Waals surface area (Å²) in [5.41, 5.74) is 2.47. The van der Waals surface area contributed by atoms with Crippen molar-refractivity contribution in [3.05, 3.63) is 34.9 Å². The predicted molar refractivity (Wildman–Crippen MR) is 61.7 cm³/mol. The second kappa shape index (κ2) is 4.92. The molecule has 1 unspecified atom stereocenters. The van der Waals surface area contributed by atoms with Crippen LogP contribution in [0.4, 0.5) is 0 Å². The van der Waals surface area contributed by atoms with E-state index in [0.29, 0.717) is 5.56 Å². The number of hydrogen-bond acceptors (Lipinski definition) is 2. The Kier molecular flexibility index (Phi) is 3.82. The van der Waals surface area contributed by atoms with E-state index in [1.54, 1.807) is 6.92 Å². The lowest BCUT2D eigenvalue weighted by atomic mass is 9.90. The van der Waals surface area contributed by atoms with Gasteiger partial charge >= 0.3 is 5.97 Å². The van der Waals surface area contributed by atoms with Crippen LogP contribution in [0.25, 0.3) is 0 Å². The van der Waals surface area contributed by atoms with Gasteiger partial charge in [0.05, 0.1) is 6.42 Å². The molecule has 0 aliphatic rings. The second-order valence-electron chi connectivity index (χ2n) is 4.13. The van der Waals surface area contributed by atoms with Crippen molar-refractivity contribution in [3.63, 3.8) is 0 Å². The largest absolute Gasteiger partial charge is 0.481 e. The van der Waals surface area contributed by atoms with E-state index in [1.807, 2.05) is 32.0 Å². The number of benzene rings is 1. The summed E-state index contributed by atoms with van der Waals surface area (Å²) in [6.07, 6.45) is -0.118. The molecule has 16 heavy (non-hydrogen) atoms. The molecule has 1 N–H and O–H groups in total. The molecule has 3 nitrogen and oxygen atoms in total. The molecule has 0 radical (unpaired) electrons. The van der Waals surface area contributed by atoms with Crippen molar-refractivity contribution in [1.29, 1.82) is 0 Å². The van der Waals surface area contributed by atoms with Crippen molar-refractivity contribution in [2.45, 2.75) is 27.2 Å². The maximum absolute atomic E-state index is 12.1. The molecule has 0 heterocycles. The summed E-state index contributed by atoms with van der Waals surface area (Å²) in [5, 5.41) is 8.67. The molecule has 86 valence electrons. The Morgan fingerprint density at radius 1 is 1.25 bits per heavy atom. The number of carbonyl (C=O) groups is 2. The molecule has 0 aromatic heterocycles. The fourth-order valence-corrected chi connectivity index (χ4v) is 1.80. The van der Waals surface area contributed by atoms with Gasteiger partial charge < -0.3 is 5.11 Å². The molecule has 1 aromatic carbocycles. The second-order valence-corrected chi connectivity index (χ2v) is 4.13. The Hall–Kier alpha value is -1.64. The number of ketones is 1. The van der Waals surface area contributed by atoms with E-state index in [-0.39, 0.29) is 12.2 Å². The minimum Gasteiger partial charge on any atom is -0.481 e. The van der Waals surface area contributed by atoms with Gasteiger partial charge in [-0.25, -0.2) is 0 Å². The Balaban J connectivity index is 3.00. The molecular formula is C13H16O3. The predicted octanol–water partition coefficient (Wildman–Crippen LogP) is 2.60. The van der Waals surface area contributed by atoms with Gasteiger partial charge in [0, 0.05) is 11.5 Å². The van der Waals surface area contributed by atoms with E-state index in [4.69, 9.17) is 5.11 Å². The average Bonchev–Trinajstić information content (AvgIpc) is 2.16. The van der Waals surface area contributed by atoms with Crippen molar-refractivity contribution >= 4 is 11.8 Å². The Bertz CT molecular complexity index is 401. The lowest BCUT2D eigenvalue weighted by molar-refractivity contribution is -0.137. The number of hydrogen-bond donors (Lipinski definition) is 1. The van der Waals surface area contributed by atoms with Crippen molar-refractivity contribution < 1.29 is 14.7 Å². The summed E-state index contributed by atoms with van der Waals surface area (Å²) >= 11 is 0. The first-order valence-corrected chi connectivity index (χ1v) is 5.25. The number of aliphatic carboxylic acids is 1. The van der Waals surface area contributed by atoms with Crippen LogP contribution in [-0.2, 0) is 4.79 Å². The zero-order valence-corrected chi connectivity index (χ0v) is 9.78. The Morgan fingerprint density at radius 2 is 1.75 bits per heavy atom. The number of Topliss-reactive ketones (excluding diaryl/α,β-unsaturated/α-hetero) is 1. The number of carbonyl (C=O) groups excluding carboxylic acids is 1. The van der Waals surface area contributed by atoms with Crippen molar-refractivity contribution in [1.82, 2.24) is 0 Å². The normalized spacial score (nSPS) is 12.2. The van der Waals surface area contributed by atoms with Gasteiger partial charge in [-0.15, -0.1) is 0 Å². The molecule has 1 rings (SSSR count). The Morgan fingerprint density at radius 3 is 2.19 bits per heavy atom. The van der Waals surface area contributed by atoms with Crippen LogP contribution in [0.1, 0.15) is 34.8 Å². The summed E-state index contributed by atoms with van der Waals surface area (Å²) in [6, 6.07) is 5.63. The molecule has 1 atom stereocenters. The van der Waals surface area contributed by atoms with Crippen LogP contribution < -0.4 is 0 Å². The molecule has 3 heteroatoms. The zero-order chi connectivity index (χ0) is 12.3. The lowest BCUT2D eigenvalue weighted by Gasteiger charge is -2.12. The van der Waals surface area contributed by atoms with Gasteiger partial charge in [0.2, 0.25) is 0 Å². The van der Waals surface area contributed by atoms with E-state index in [1.165, 1.54) is 0 Å². The van der Waals surface area contributed by atoms with E-state index in [0.717, 1.165) is 11.1 Å². The fraction of sp³-hybridized carbons (Fsp3) is 0.385. The highest BCUT2D eigenvalue weighted by Gasteiger charge is 2.20. The first kappa shape index (κ1) is 12.4. The van der Waals surface area contributed by atoms with Crippen LogP contribution in [0.3, 0.4) is 0 Å². The minimum absolute atomic E-state index is 0.0852. The molecule has 0 aliphatic carbocycles. The first-order valence-electron chi connectivity index (χ1n) is 5.25. The highest BCUT2D eigenvalue weighted by Crippen LogP contribution is 2.19. The summed E-state index contributed by atoms with van der Waals surface area (Å²) in [6.45, 7) is 5.39. The Labute approximate surface area is 95.1 Å². The fourth-order valence-electron chi connectivity index (χ4n) is 1.80. The SMILES string of the molecule is Cc1cccc(C)c1C(=O)C(C)CC(=O)O. The molecular weight excluding hydrogens is 204 g/mol. The smallest absolute Gasteiger partial charge is 0.304 e. The number of carboxylic acid groups (broad SMARTS) is 1. The molecule has 0 spiro atoms. The van der Waals surface area contributed by atoms with Crippen molar-refractivity contribution in [3.8, 4) is 0 Å². The molecule has 0 bridgehead atoms. The molecule has 1 aromatic rings. The third kappa shape index (κ3) is 2.69. The van der Waals surface area contributed by atoms with Gasteiger partial charge in [-0.05, 0) is 25.0 Å². The van der Waals surface area contributed by atoms with Crippen LogP contribution in [0.5, 0.6) is 0 Å². The standard InChI is InChI=1S/C13H16O3/c1-8-5-4-6-9(2)12(8)13(16)10(3)7-11(14)15/h4-6,10H,7H2,1-3H3,(H,14,15). The number of rotatable bonds is 4. The molecule has 0 fully saturated rings. The van der Waals surface area contributed by atoms with Crippen LogP contribution in [0.15, 0.2) is 18.2 Å². The van der Waals surface area contributed by atoms with E-state index in [9.17, 15) is 9.59 Å². The average molecular weight is 220 g/mol. The third-order valence-electron chi connectivity index (χ3n) is 2.66. The van der Waals surface area contributed by atoms with Gasteiger partial charge in [0.1, 0.15) is 0 Å². The number of aryl methyl sites for hydroxylation is 2. The molecule has 0 saturated heterocycles. The molecule has 0 amide bonds. The zero-order valence-electron chi connectivity index (χ0n) is 9.78. The van der Waals surface area contributed by atoms with Gasteiger partial charge in [0.15, 0.2) is 5.78 Å². The van der Waals surface area contributed by atoms with E-state index in [2.05, 4.69) is 0 Å². The van der Waals surface area contributed by atoms with Gasteiger partial charge in [-0.3, -0.25) is 9.59 Å². The third-order valence-corrected chi connectivity index (χ3v) is 2.66. The summed E-state index contributed by atoms with van der Waals surface area (Å²) in [5.74, 6) is -1.50. The molecule has 0 saturated carbocycles. The summed E-state index contributed by atoms with van der Waals surface area (Å²) < 4.78 is 0.